The van der Waals surface area contributed by atoms with Gasteiger partial charge < -0.3 is 18.7 Å². The van der Waals surface area contributed by atoms with Crippen LogP contribution in [0.4, 0.5) is 0 Å². The van der Waals surface area contributed by atoms with E-state index in [0.717, 1.165) is 88.8 Å². The van der Waals surface area contributed by atoms with Crippen molar-refractivity contribution in [3.63, 3.8) is 0 Å². The van der Waals surface area contributed by atoms with Crippen molar-refractivity contribution in [2.75, 3.05) is 0 Å². The SMILES string of the molecule is CC1=C(c2ccc3c(c2)oc2ccccc23)NC(c2cccc3oc4cc(-c5ccc6c(c5)c5ccccc5n6-c5ccccc5)ccc4c23)N=C(c2ccccc2)C1. The first kappa shape index (κ1) is 33.5. The Morgan fingerprint density at radius 1 is 0.492 bits per heavy atom. The molecule has 12 rings (SSSR count). The fourth-order valence-corrected chi connectivity index (χ4v) is 9.27. The molecule has 0 fully saturated rings. The third kappa shape index (κ3) is 5.43. The predicted molar refractivity (Wildman–Crippen MR) is 243 cm³/mol. The first-order chi connectivity index (χ1) is 29.1. The summed E-state index contributed by atoms with van der Waals surface area (Å²) in [4.78, 5) is 5.52. The number of hydrogen-bond acceptors (Lipinski definition) is 4. The fourth-order valence-electron chi connectivity index (χ4n) is 9.27. The molecule has 0 saturated heterocycles. The van der Waals surface area contributed by atoms with E-state index in [0.29, 0.717) is 6.42 Å². The fraction of sp³-hybridized carbons (Fsp3) is 0.0556. The van der Waals surface area contributed by atoms with Gasteiger partial charge in [-0.05, 0) is 95.9 Å². The number of hydrogen-bond donors (Lipinski definition) is 1. The molecule has 3 aromatic heterocycles. The van der Waals surface area contributed by atoms with Crippen molar-refractivity contribution < 1.29 is 8.83 Å². The number of furan rings is 2. The minimum atomic E-state index is -0.377. The molecule has 4 heterocycles. The molecule has 5 nitrogen and oxygen atoms in total. The van der Waals surface area contributed by atoms with Crippen molar-refractivity contribution in [3.05, 3.63) is 204 Å². The monoisotopic (exact) mass is 759 g/mol. The minimum absolute atomic E-state index is 0.377. The lowest BCUT2D eigenvalue weighted by atomic mass is 9.98. The number of fused-ring (bicyclic) bond motifs is 9. The van der Waals surface area contributed by atoms with Gasteiger partial charge in [0.2, 0.25) is 0 Å². The molecule has 8 aromatic carbocycles. The van der Waals surface area contributed by atoms with Gasteiger partial charge in [0, 0.05) is 67.0 Å². The smallest absolute Gasteiger partial charge is 0.145 e. The summed E-state index contributed by atoms with van der Waals surface area (Å²) in [5, 5.41) is 10.8. The average molecular weight is 760 g/mol. The summed E-state index contributed by atoms with van der Waals surface area (Å²) in [5.41, 5.74) is 15.8. The van der Waals surface area contributed by atoms with E-state index in [1.165, 1.54) is 27.4 Å². The summed E-state index contributed by atoms with van der Waals surface area (Å²) >= 11 is 0. The second-order valence-corrected chi connectivity index (χ2v) is 15.6. The highest BCUT2D eigenvalue weighted by Crippen LogP contribution is 2.41. The molecule has 0 radical (unpaired) electrons. The topological polar surface area (TPSA) is 55.6 Å². The molecular formula is C54H37N3O2. The lowest BCUT2D eigenvalue weighted by molar-refractivity contribution is 0.661. The number of rotatable bonds is 5. The molecule has 1 atom stereocenters. The van der Waals surface area contributed by atoms with Crippen molar-refractivity contribution in [3.8, 4) is 16.8 Å². The first-order valence-corrected chi connectivity index (χ1v) is 20.2. The van der Waals surface area contributed by atoms with Gasteiger partial charge in [-0.25, -0.2) is 0 Å². The van der Waals surface area contributed by atoms with Crippen LogP contribution in [0.5, 0.6) is 0 Å². The zero-order valence-electron chi connectivity index (χ0n) is 32.3. The molecule has 11 aromatic rings. The first-order valence-electron chi connectivity index (χ1n) is 20.2. The van der Waals surface area contributed by atoms with E-state index in [1.54, 1.807) is 0 Å². The standard InChI is InChI=1S/C54H37N3O2/c1-33-29-45(34-13-4-2-5-14-34)55-54(56-53(33)37-24-26-41-40-18-9-11-21-48(40)58-50(41)32-37)43-19-12-22-49-52(43)42-27-23-36(31-51(42)59-49)35-25-28-47-44(30-35)39-17-8-10-20-46(39)57(47)38-15-6-3-7-16-38/h2-28,30-32,54,56H,29H2,1H3. The zero-order chi connectivity index (χ0) is 39.0. The Morgan fingerprint density at radius 3 is 2.00 bits per heavy atom. The van der Waals surface area contributed by atoms with Crippen LogP contribution >= 0.6 is 0 Å². The van der Waals surface area contributed by atoms with Gasteiger partial charge in [0.05, 0.1) is 11.0 Å². The van der Waals surface area contributed by atoms with E-state index < -0.39 is 0 Å². The third-order valence-corrected chi connectivity index (χ3v) is 12.0. The van der Waals surface area contributed by atoms with Gasteiger partial charge in [-0.3, -0.25) is 4.99 Å². The molecule has 0 spiro atoms. The normalized spacial score (nSPS) is 14.8. The molecule has 1 aliphatic heterocycles. The number of nitrogens with one attached hydrogen (secondary N) is 1. The molecule has 59 heavy (non-hydrogen) atoms. The highest BCUT2D eigenvalue weighted by atomic mass is 16.3. The van der Waals surface area contributed by atoms with E-state index in [4.69, 9.17) is 13.8 Å². The van der Waals surface area contributed by atoms with Gasteiger partial charge in [-0.15, -0.1) is 0 Å². The molecule has 0 saturated carbocycles. The van der Waals surface area contributed by atoms with Crippen LogP contribution in [0.25, 0.3) is 88.2 Å². The van der Waals surface area contributed by atoms with Gasteiger partial charge in [-0.2, -0.15) is 0 Å². The Morgan fingerprint density at radius 2 is 1.12 bits per heavy atom. The van der Waals surface area contributed by atoms with Gasteiger partial charge in [0.1, 0.15) is 28.5 Å². The van der Waals surface area contributed by atoms with Crippen molar-refractivity contribution in [2.45, 2.75) is 19.5 Å². The van der Waals surface area contributed by atoms with Crippen LogP contribution in [-0.2, 0) is 0 Å². The van der Waals surface area contributed by atoms with Gasteiger partial charge in [0.25, 0.3) is 0 Å². The van der Waals surface area contributed by atoms with Crippen LogP contribution < -0.4 is 5.32 Å². The maximum Gasteiger partial charge on any atom is 0.145 e. The van der Waals surface area contributed by atoms with Gasteiger partial charge in [0.15, 0.2) is 0 Å². The van der Waals surface area contributed by atoms with Crippen LogP contribution in [0.3, 0.4) is 0 Å². The number of benzene rings is 8. The van der Waals surface area contributed by atoms with Crippen molar-refractivity contribution >= 4 is 77.1 Å². The van der Waals surface area contributed by atoms with E-state index >= 15 is 0 Å². The summed E-state index contributed by atoms with van der Waals surface area (Å²) in [5.74, 6) is 0. The maximum absolute atomic E-state index is 6.71. The number of aromatic nitrogens is 1. The number of aliphatic imine (C=N–C) groups is 1. The minimum Gasteiger partial charge on any atom is -0.456 e. The Labute approximate surface area is 340 Å². The van der Waals surface area contributed by atoms with Gasteiger partial charge in [-0.1, -0.05) is 115 Å². The zero-order valence-corrected chi connectivity index (χ0v) is 32.3. The summed E-state index contributed by atoms with van der Waals surface area (Å²) in [7, 11) is 0. The molecule has 0 bridgehead atoms. The second kappa shape index (κ2) is 13.2. The quantitative estimate of drug-likeness (QED) is 0.190. The van der Waals surface area contributed by atoms with Crippen LogP contribution in [0.15, 0.2) is 201 Å². The van der Waals surface area contributed by atoms with E-state index in [2.05, 4.69) is 187 Å². The number of allylic oxidation sites excluding steroid dienone is 1. The summed E-state index contributed by atoms with van der Waals surface area (Å²) in [6, 6.07) is 64.3. The molecular weight excluding hydrogens is 723 g/mol. The van der Waals surface area contributed by atoms with Crippen molar-refractivity contribution in [1.29, 1.82) is 0 Å². The van der Waals surface area contributed by atoms with Crippen LogP contribution in [0, 0.1) is 0 Å². The van der Waals surface area contributed by atoms with Crippen molar-refractivity contribution in [2.24, 2.45) is 4.99 Å². The Hall–Kier alpha value is -7.63. The summed E-state index contributed by atoms with van der Waals surface area (Å²) in [6.07, 6.45) is 0.332. The number of nitrogens with zero attached hydrogens (tertiary/aromatic N) is 2. The lowest BCUT2D eigenvalue weighted by Crippen LogP contribution is -2.19. The predicted octanol–water partition coefficient (Wildman–Crippen LogP) is 14.2. The molecule has 0 aliphatic carbocycles. The summed E-state index contributed by atoms with van der Waals surface area (Å²) < 4.78 is 15.4. The second-order valence-electron chi connectivity index (χ2n) is 15.6. The van der Waals surface area contributed by atoms with Gasteiger partial charge >= 0.3 is 0 Å². The largest absolute Gasteiger partial charge is 0.456 e. The third-order valence-electron chi connectivity index (χ3n) is 12.0. The van der Waals surface area contributed by atoms with Crippen LogP contribution in [0.2, 0.25) is 0 Å². The van der Waals surface area contributed by atoms with Crippen LogP contribution in [-0.4, -0.2) is 10.3 Å². The molecule has 5 heteroatoms. The Kier molecular flexibility index (Phi) is 7.51. The van der Waals surface area contributed by atoms with E-state index in [9.17, 15) is 0 Å². The summed E-state index contributed by atoms with van der Waals surface area (Å²) in [6.45, 7) is 2.21. The Bertz CT molecular complexity index is 3510. The van der Waals surface area contributed by atoms with Crippen LogP contribution in [0.1, 0.15) is 36.2 Å². The molecule has 1 unspecified atom stereocenters. The maximum atomic E-state index is 6.71. The van der Waals surface area contributed by atoms with Crippen molar-refractivity contribution in [1.82, 2.24) is 9.88 Å². The highest BCUT2D eigenvalue weighted by molar-refractivity contribution is 6.12. The molecule has 280 valence electrons. The average Bonchev–Trinajstić information content (AvgIpc) is 3.92. The lowest BCUT2D eigenvalue weighted by Gasteiger charge is -2.20. The molecule has 0 amide bonds. The Balaban J connectivity index is 0.978. The van der Waals surface area contributed by atoms with E-state index in [1.807, 2.05) is 12.1 Å². The molecule has 1 N–H and O–H groups in total. The molecule has 1 aliphatic rings. The highest BCUT2D eigenvalue weighted by Gasteiger charge is 2.25. The number of para-hydroxylation sites is 3. The van der Waals surface area contributed by atoms with E-state index in [-0.39, 0.29) is 6.17 Å².